The van der Waals surface area contributed by atoms with Crippen LogP contribution in [0.5, 0.6) is 0 Å². The van der Waals surface area contributed by atoms with Crippen LogP contribution in [0.1, 0.15) is 16.8 Å². The number of aromatic nitrogens is 1. The molecule has 0 aliphatic rings. The van der Waals surface area contributed by atoms with E-state index in [1.807, 2.05) is 19.1 Å². The molecule has 1 aromatic carbocycles. The Morgan fingerprint density at radius 1 is 1.27 bits per heavy atom. The van der Waals surface area contributed by atoms with E-state index < -0.39 is 0 Å². The second-order valence-electron chi connectivity index (χ2n) is 3.55. The van der Waals surface area contributed by atoms with Gasteiger partial charge in [-0.25, -0.2) is 0 Å². The predicted molar refractivity (Wildman–Crippen MR) is 62.9 cm³/mol. The minimum Gasteiger partial charge on any atom is -0.392 e. The standard InChI is InChI=1S/C12H13NOS/c1-8-5-3-4-6-10(8)12-11(7-14)9(2)13-15-12/h3-6,14H,7H2,1-2H3. The summed E-state index contributed by atoms with van der Waals surface area (Å²) in [7, 11) is 0. The number of hydrogen-bond donors (Lipinski definition) is 1. The molecule has 0 saturated carbocycles. The molecule has 1 aromatic heterocycles. The monoisotopic (exact) mass is 219 g/mol. The van der Waals surface area contributed by atoms with E-state index in [9.17, 15) is 5.11 Å². The molecule has 2 rings (SSSR count). The lowest BCUT2D eigenvalue weighted by Crippen LogP contribution is -1.88. The molecule has 15 heavy (non-hydrogen) atoms. The van der Waals surface area contributed by atoms with Crippen molar-refractivity contribution in [3.05, 3.63) is 41.1 Å². The van der Waals surface area contributed by atoms with Gasteiger partial charge < -0.3 is 5.11 Å². The summed E-state index contributed by atoms with van der Waals surface area (Å²) in [5, 5.41) is 9.31. The van der Waals surface area contributed by atoms with Gasteiger partial charge in [0.15, 0.2) is 0 Å². The van der Waals surface area contributed by atoms with Crippen LogP contribution in [0.3, 0.4) is 0 Å². The summed E-state index contributed by atoms with van der Waals surface area (Å²) < 4.78 is 4.29. The SMILES string of the molecule is Cc1ccccc1-c1snc(C)c1CO. The highest BCUT2D eigenvalue weighted by atomic mass is 32.1. The molecular formula is C12H13NOS. The number of aliphatic hydroxyl groups excluding tert-OH is 1. The maximum absolute atomic E-state index is 9.31. The maximum Gasteiger partial charge on any atom is 0.0714 e. The molecule has 1 N–H and O–H groups in total. The maximum atomic E-state index is 9.31. The van der Waals surface area contributed by atoms with Crippen molar-refractivity contribution in [3.8, 4) is 10.4 Å². The van der Waals surface area contributed by atoms with Gasteiger partial charge in [-0.05, 0) is 36.5 Å². The third-order valence-corrected chi connectivity index (χ3v) is 3.55. The van der Waals surface area contributed by atoms with Gasteiger partial charge in [0, 0.05) is 5.56 Å². The van der Waals surface area contributed by atoms with Crippen LogP contribution < -0.4 is 0 Å². The number of aryl methyl sites for hydroxylation is 2. The van der Waals surface area contributed by atoms with Crippen molar-refractivity contribution < 1.29 is 5.11 Å². The molecule has 0 saturated heterocycles. The predicted octanol–water partition coefficient (Wildman–Crippen LogP) is 2.92. The molecule has 0 fully saturated rings. The van der Waals surface area contributed by atoms with Crippen molar-refractivity contribution in [3.63, 3.8) is 0 Å². The van der Waals surface area contributed by atoms with Gasteiger partial charge in [-0.2, -0.15) is 4.37 Å². The first-order valence-corrected chi connectivity index (χ1v) is 5.63. The molecule has 0 unspecified atom stereocenters. The summed E-state index contributed by atoms with van der Waals surface area (Å²) >= 11 is 1.46. The van der Waals surface area contributed by atoms with Crippen molar-refractivity contribution in [2.45, 2.75) is 20.5 Å². The van der Waals surface area contributed by atoms with Crippen LogP contribution in [0, 0.1) is 13.8 Å². The smallest absolute Gasteiger partial charge is 0.0714 e. The Bertz CT molecular complexity index is 476. The van der Waals surface area contributed by atoms with Gasteiger partial charge >= 0.3 is 0 Å². The molecule has 2 nitrogen and oxygen atoms in total. The molecule has 0 spiro atoms. The highest BCUT2D eigenvalue weighted by Crippen LogP contribution is 2.32. The molecule has 3 heteroatoms. The van der Waals surface area contributed by atoms with Crippen LogP contribution >= 0.6 is 11.5 Å². The van der Waals surface area contributed by atoms with Crippen LogP contribution in [0.25, 0.3) is 10.4 Å². The Hall–Kier alpha value is -1.19. The van der Waals surface area contributed by atoms with E-state index in [4.69, 9.17) is 0 Å². The van der Waals surface area contributed by atoms with E-state index in [0.717, 1.165) is 16.1 Å². The van der Waals surface area contributed by atoms with Crippen LogP contribution in [-0.2, 0) is 6.61 Å². The van der Waals surface area contributed by atoms with E-state index in [0.29, 0.717) is 0 Å². The van der Waals surface area contributed by atoms with Gasteiger partial charge in [0.25, 0.3) is 0 Å². The first-order chi connectivity index (χ1) is 7.24. The van der Waals surface area contributed by atoms with Crippen LogP contribution in [-0.4, -0.2) is 9.48 Å². The summed E-state index contributed by atoms with van der Waals surface area (Å²) in [6, 6.07) is 8.18. The van der Waals surface area contributed by atoms with Crippen molar-refractivity contribution in [2.24, 2.45) is 0 Å². The molecule has 0 amide bonds. The molecule has 1 heterocycles. The van der Waals surface area contributed by atoms with Crippen LogP contribution in [0.4, 0.5) is 0 Å². The van der Waals surface area contributed by atoms with E-state index in [-0.39, 0.29) is 6.61 Å². The van der Waals surface area contributed by atoms with Gasteiger partial charge in [0.05, 0.1) is 17.2 Å². The average molecular weight is 219 g/mol. The Morgan fingerprint density at radius 3 is 2.67 bits per heavy atom. The fourth-order valence-electron chi connectivity index (χ4n) is 1.61. The molecule has 2 aromatic rings. The number of nitrogens with zero attached hydrogens (tertiary/aromatic N) is 1. The quantitative estimate of drug-likeness (QED) is 0.842. The lowest BCUT2D eigenvalue weighted by atomic mass is 10.0. The van der Waals surface area contributed by atoms with E-state index in [1.54, 1.807) is 0 Å². The lowest BCUT2D eigenvalue weighted by molar-refractivity contribution is 0.282. The number of aliphatic hydroxyl groups is 1. The topological polar surface area (TPSA) is 33.1 Å². The van der Waals surface area contributed by atoms with Gasteiger partial charge in [-0.15, -0.1) is 0 Å². The average Bonchev–Trinajstić information content (AvgIpc) is 2.60. The molecular weight excluding hydrogens is 206 g/mol. The van der Waals surface area contributed by atoms with Crippen molar-refractivity contribution >= 4 is 11.5 Å². The third kappa shape index (κ3) is 1.80. The van der Waals surface area contributed by atoms with Crippen molar-refractivity contribution in [1.29, 1.82) is 0 Å². The third-order valence-electron chi connectivity index (χ3n) is 2.53. The Kier molecular flexibility index (Phi) is 2.84. The molecule has 0 aliphatic carbocycles. The normalized spacial score (nSPS) is 10.6. The zero-order chi connectivity index (χ0) is 10.8. The number of hydrogen-bond acceptors (Lipinski definition) is 3. The summed E-state index contributed by atoms with van der Waals surface area (Å²) in [5.41, 5.74) is 4.28. The second-order valence-corrected chi connectivity index (χ2v) is 4.32. The van der Waals surface area contributed by atoms with E-state index in [1.165, 1.54) is 22.7 Å². The molecule has 0 radical (unpaired) electrons. The highest BCUT2D eigenvalue weighted by molar-refractivity contribution is 7.09. The number of benzene rings is 1. The van der Waals surface area contributed by atoms with Gasteiger partial charge in [-0.1, -0.05) is 24.3 Å². The second kappa shape index (κ2) is 4.13. The Labute approximate surface area is 93.4 Å². The zero-order valence-electron chi connectivity index (χ0n) is 8.82. The summed E-state index contributed by atoms with van der Waals surface area (Å²) in [6.45, 7) is 4.07. The van der Waals surface area contributed by atoms with Crippen molar-refractivity contribution in [1.82, 2.24) is 4.37 Å². The lowest BCUT2D eigenvalue weighted by Gasteiger charge is -2.04. The van der Waals surface area contributed by atoms with Gasteiger partial charge in [-0.3, -0.25) is 0 Å². The molecule has 0 bridgehead atoms. The van der Waals surface area contributed by atoms with E-state index >= 15 is 0 Å². The van der Waals surface area contributed by atoms with Gasteiger partial charge in [0.2, 0.25) is 0 Å². The molecule has 78 valence electrons. The highest BCUT2D eigenvalue weighted by Gasteiger charge is 2.12. The molecule has 0 atom stereocenters. The van der Waals surface area contributed by atoms with Gasteiger partial charge in [0.1, 0.15) is 0 Å². The van der Waals surface area contributed by atoms with Crippen LogP contribution in [0.2, 0.25) is 0 Å². The van der Waals surface area contributed by atoms with E-state index in [2.05, 4.69) is 23.4 Å². The Balaban J connectivity index is 2.59. The Morgan fingerprint density at radius 2 is 2.00 bits per heavy atom. The first kappa shape index (κ1) is 10.3. The first-order valence-electron chi connectivity index (χ1n) is 4.86. The minimum atomic E-state index is 0.0615. The summed E-state index contributed by atoms with van der Waals surface area (Å²) in [6.07, 6.45) is 0. The number of rotatable bonds is 2. The fraction of sp³-hybridized carbons (Fsp3) is 0.250. The summed E-state index contributed by atoms with van der Waals surface area (Å²) in [4.78, 5) is 1.09. The molecule has 0 aliphatic heterocycles. The van der Waals surface area contributed by atoms with Crippen molar-refractivity contribution in [2.75, 3.05) is 0 Å². The summed E-state index contributed by atoms with van der Waals surface area (Å²) in [5.74, 6) is 0. The minimum absolute atomic E-state index is 0.0615. The fourth-order valence-corrected chi connectivity index (χ4v) is 2.60. The van der Waals surface area contributed by atoms with Crippen LogP contribution in [0.15, 0.2) is 24.3 Å². The zero-order valence-corrected chi connectivity index (χ0v) is 9.64. The largest absolute Gasteiger partial charge is 0.392 e.